The second kappa shape index (κ2) is 8.53. The second-order valence-corrected chi connectivity index (χ2v) is 6.14. The summed E-state index contributed by atoms with van der Waals surface area (Å²) < 4.78 is 10.9. The van der Waals surface area contributed by atoms with Crippen LogP contribution in [0.15, 0.2) is 46.9 Å². The molecule has 0 heterocycles. The van der Waals surface area contributed by atoms with Gasteiger partial charge in [0.1, 0.15) is 11.5 Å². The highest BCUT2D eigenvalue weighted by Crippen LogP contribution is 2.26. The van der Waals surface area contributed by atoms with E-state index in [2.05, 4.69) is 21.2 Å². The van der Waals surface area contributed by atoms with E-state index in [0.717, 1.165) is 0 Å². The maximum absolute atomic E-state index is 12.4. The lowest BCUT2D eigenvalue weighted by molar-refractivity contribution is -0.116. The molecular weight excluding hydrogens is 388 g/mol. The summed E-state index contributed by atoms with van der Waals surface area (Å²) in [5, 5.41) is 2.74. The smallest absolute Gasteiger partial charge is 0.254 e. The lowest BCUT2D eigenvalue weighted by Crippen LogP contribution is -2.34. The molecule has 132 valence electrons. The molecule has 0 unspecified atom stereocenters. The minimum absolute atomic E-state index is 0.0610. The van der Waals surface area contributed by atoms with Crippen LogP contribution in [0.4, 0.5) is 5.69 Å². The number of rotatable bonds is 6. The first-order chi connectivity index (χ1) is 11.9. The highest BCUT2D eigenvalue weighted by Gasteiger charge is 2.16. The first kappa shape index (κ1) is 18.8. The lowest BCUT2D eigenvalue weighted by atomic mass is 10.2. The number of hydrogen-bond acceptors (Lipinski definition) is 4. The molecule has 6 nitrogen and oxygen atoms in total. The van der Waals surface area contributed by atoms with Gasteiger partial charge >= 0.3 is 0 Å². The van der Waals surface area contributed by atoms with E-state index in [1.54, 1.807) is 63.7 Å². The van der Waals surface area contributed by atoms with E-state index in [4.69, 9.17) is 9.47 Å². The van der Waals surface area contributed by atoms with Gasteiger partial charge in [0.25, 0.3) is 5.91 Å². The van der Waals surface area contributed by atoms with Crippen molar-refractivity contribution < 1.29 is 19.1 Å². The third kappa shape index (κ3) is 4.96. The first-order valence-electron chi connectivity index (χ1n) is 7.47. The van der Waals surface area contributed by atoms with Crippen molar-refractivity contribution in [2.75, 3.05) is 33.1 Å². The van der Waals surface area contributed by atoms with E-state index >= 15 is 0 Å². The SMILES string of the molecule is COc1ccc(NC(=O)CN(C)C(=O)c2ccc(OC)c(Br)c2)cc1. The van der Waals surface area contributed by atoms with Crippen molar-refractivity contribution in [3.05, 3.63) is 52.5 Å². The fraction of sp³-hybridized carbons (Fsp3) is 0.222. The first-order valence-corrected chi connectivity index (χ1v) is 8.26. The van der Waals surface area contributed by atoms with E-state index in [-0.39, 0.29) is 18.4 Å². The number of carbonyl (C=O) groups excluding carboxylic acids is 2. The summed E-state index contributed by atoms with van der Waals surface area (Å²) in [7, 11) is 4.71. The van der Waals surface area contributed by atoms with Gasteiger partial charge in [0.05, 0.1) is 25.2 Å². The maximum Gasteiger partial charge on any atom is 0.254 e. The summed E-state index contributed by atoms with van der Waals surface area (Å²) >= 11 is 3.35. The number of likely N-dealkylation sites (N-methyl/N-ethyl adjacent to an activating group) is 1. The maximum atomic E-state index is 12.4. The minimum Gasteiger partial charge on any atom is -0.497 e. The molecule has 0 fully saturated rings. The molecule has 0 aromatic heterocycles. The quantitative estimate of drug-likeness (QED) is 0.799. The van der Waals surface area contributed by atoms with Gasteiger partial charge in [-0.25, -0.2) is 0 Å². The van der Waals surface area contributed by atoms with E-state index in [9.17, 15) is 9.59 Å². The minimum atomic E-state index is -0.284. The molecule has 2 aromatic rings. The number of benzene rings is 2. The Labute approximate surface area is 154 Å². The van der Waals surface area contributed by atoms with Crippen molar-refractivity contribution in [1.29, 1.82) is 0 Å². The number of nitrogens with zero attached hydrogens (tertiary/aromatic N) is 1. The molecule has 0 aliphatic heterocycles. The number of anilines is 1. The standard InChI is InChI=1S/C18H19BrN2O4/c1-21(18(23)12-4-9-16(25-3)15(19)10-12)11-17(22)20-13-5-7-14(24-2)8-6-13/h4-10H,11H2,1-3H3,(H,20,22). The highest BCUT2D eigenvalue weighted by atomic mass is 79.9. The molecule has 0 saturated carbocycles. The van der Waals surface area contributed by atoms with Gasteiger partial charge in [0, 0.05) is 18.3 Å². The van der Waals surface area contributed by atoms with E-state index in [1.165, 1.54) is 4.90 Å². The number of nitrogens with one attached hydrogen (secondary N) is 1. The summed E-state index contributed by atoms with van der Waals surface area (Å²) in [6.07, 6.45) is 0. The molecule has 2 rings (SSSR count). The number of methoxy groups -OCH3 is 2. The number of ether oxygens (including phenoxy) is 2. The van der Waals surface area contributed by atoms with Crippen LogP contribution in [-0.2, 0) is 4.79 Å². The van der Waals surface area contributed by atoms with Gasteiger partial charge in [0.15, 0.2) is 0 Å². The van der Waals surface area contributed by atoms with E-state index in [1.807, 2.05) is 0 Å². The largest absolute Gasteiger partial charge is 0.497 e. The summed E-state index contributed by atoms with van der Waals surface area (Å²) in [6, 6.07) is 12.0. The Balaban J connectivity index is 1.97. The van der Waals surface area contributed by atoms with Gasteiger partial charge in [-0.15, -0.1) is 0 Å². The van der Waals surface area contributed by atoms with E-state index < -0.39 is 0 Å². The predicted molar refractivity (Wildman–Crippen MR) is 99.3 cm³/mol. The Bertz CT molecular complexity index is 762. The predicted octanol–water partition coefficient (Wildman–Crippen LogP) is 3.18. The molecule has 0 bridgehead atoms. The summed E-state index contributed by atoms with van der Waals surface area (Å²) in [4.78, 5) is 25.9. The van der Waals surface area contributed by atoms with E-state index in [0.29, 0.717) is 27.2 Å². The van der Waals surface area contributed by atoms with Crippen LogP contribution in [0, 0.1) is 0 Å². The molecule has 25 heavy (non-hydrogen) atoms. The Morgan fingerprint density at radius 1 is 1.08 bits per heavy atom. The molecule has 0 spiro atoms. The van der Waals surface area contributed by atoms with Crippen molar-refractivity contribution in [3.63, 3.8) is 0 Å². The van der Waals surface area contributed by atoms with Gasteiger partial charge in [0.2, 0.25) is 5.91 Å². The van der Waals surface area contributed by atoms with Gasteiger partial charge < -0.3 is 19.7 Å². The molecular formula is C18H19BrN2O4. The van der Waals surface area contributed by atoms with Gasteiger partial charge in [-0.05, 0) is 58.4 Å². The second-order valence-electron chi connectivity index (χ2n) is 5.29. The number of halogens is 1. The lowest BCUT2D eigenvalue weighted by Gasteiger charge is -2.17. The summed E-state index contributed by atoms with van der Waals surface area (Å²) in [6.45, 7) is -0.0610. The number of hydrogen-bond donors (Lipinski definition) is 1. The van der Waals surface area contributed by atoms with Crippen molar-refractivity contribution >= 4 is 33.4 Å². The van der Waals surface area contributed by atoms with Crippen molar-refractivity contribution in [2.24, 2.45) is 0 Å². The molecule has 0 radical (unpaired) electrons. The number of amides is 2. The third-order valence-corrected chi connectivity index (χ3v) is 4.12. The van der Waals surface area contributed by atoms with Crippen LogP contribution in [0.5, 0.6) is 11.5 Å². The zero-order chi connectivity index (χ0) is 18.4. The van der Waals surface area contributed by atoms with Crippen LogP contribution in [-0.4, -0.2) is 44.5 Å². The van der Waals surface area contributed by atoms with Gasteiger partial charge in [-0.2, -0.15) is 0 Å². The Morgan fingerprint density at radius 2 is 1.76 bits per heavy atom. The van der Waals surface area contributed by atoms with Crippen LogP contribution in [0.25, 0.3) is 0 Å². The monoisotopic (exact) mass is 406 g/mol. The topological polar surface area (TPSA) is 67.9 Å². The van der Waals surface area contributed by atoms with Crippen molar-refractivity contribution in [2.45, 2.75) is 0 Å². The van der Waals surface area contributed by atoms with Gasteiger partial charge in [-0.3, -0.25) is 9.59 Å². The molecule has 0 saturated heterocycles. The Morgan fingerprint density at radius 3 is 2.32 bits per heavy atom. The summed E-state index contributed by atoms with van der Waals surface area (Å²) in [5.74, 6) is 0.800. The van der Waals surface area contributed by atoms with Crippen LogP contribution in [0.2, 0.25) is 0 Å². The molecule has 7 heteroatoms. The van der Waals surface area contributed by atoms with Crippen molar-refractivity contribution in [1.82, 2.24) is 4.90 Å². The third-order valence-electron chi connectivity index (χ3n) is 3.50. The Kier molecular flexibility index (Phi) is 6.41. The summed E-state index contributed by atoms with van der Waals surface area (Å²) in [5.41, 5.74) is 1.10. The fourth-order valence-electron chi connectivity index (χ4n) is 2.18. The molecule has 0 atom stereocenters. The average Bonchev–Trinajstić information content (AvgIpc) is 2.61. The highest BCUT2D eigenvalue weighted by molar-refractivity contribution is 9.10. The van der Waals surface area contributed by atoms with Gasteiger partial charge in [-0.1, -0.05) is 0 Å². The molecule has 2 amide bonds. The zero-order valence-electron chi connectivity index (χ0n) is 14.2. The average molecular weight is 407 g/mol. The molecule has 1 N–H and O–H groups in total. The van der Waals surface area contributed by atoms with Crippen LogP contribution >= 0.6 is 15.9 Å². The Hall–Kier alpha value is -2.54. The van der Waals surface area contributed by atoms with Crippen molar-refractivity contribution in [3.8, 4) is 11.5 Å². The molecule has 0 aliphatic carbocycles. The molecule has 0 aliphatic rings. The fourth-order valence-corrected chi connectivity index (χ4v) is 2.72. The van der Waals surface area contributed by atoms with Crippen LogP contribution < -0.4 is 14.8 Å². The normalized spacial score (nSPS) is 10.1. The molecule has 2 aromatic carbocycles. The van der Waals surface area contributed by atoms with Crippen LogP contribution in [0.1, 0.15) is 10.4 Å². The zero-order valence-corrected chi connectivity index (χ0v) is 15.8. The number of carbonyl (C=O) groups is 2. The van der Waals surface area contributed by atoms with Crippen LogP contribution in [0.3, 0.4) is 0 Å².